The molecule has 0 saturated carbocycles. The van der Waals surface area contributed by atoms with Crippen molar-refractivity contribution in [3.05, 3.63) is 34.3 Å². The molecule has 3 heterocycles. The van der Waals surface area contributed by atoms with E-state index < -0.39 is 0 Å². The zero-order valence-electron chi connectivity index (χ0n) is 11.4. The number of aromatic nitrogens is 2. The summed E-state index contributed by atoms with van der Waals surface area (Å²) in [5.74, 6) is -0.234. The fourth-order valence-corrected chi connectivity index (χ4v) is 3.57. The third-order valence-corrected chi connectivity index (χ3v) is 4.82. The lowest BCUT2D eigenvalue weighted by molar-refractivity contribution is 0.103. The number of nitrogens with zero attached hydrogens (tertiary/aromatic N) is 2. The first kappa shape index (κ1) is 14.0. The predicted octanol–water partition coefficient (Wildman–Crippen LogP) is 3.54. The minimum atomic E-state index is -0.234. The van der Waals surface area contributed by atoms with Crippen molar-refractivity contribution in [1.82, 2.24) is 9.97 Å². The Morgan fingerprint density at radius 3 is 3.00 bits per heavy atom. The molecule has 108 valence electrons. The van der Waals surface area contributed by atoms with Crippen molar-refractivity contribution in [3.8, 4) is 0 Å². The molecular formula is C14H14N4OS2. The van der Waals surface area contributed by atoms with Crippen LogP contribution in [0.5, 0.6) is 0 Å². The predicted molar refractivity (Wildman–Crippen MR) is 88.1 cm³/mol. The van der Waals surface area contributed by atoms with Gasteiger partial charge in [-0.05, 0) is 18.6 Å². The first-order valence-corrected chi connectivity index (χ1v) is 8.27. The molecule has 7 heteroatoms. The van der Waals surface area contributed by atoms with Gasteiger partial charge in [-0.15, -0.1) is 22.7 Å². The second-order valence-electron chi connectivity index (χ2n) is 4.54. The number of rotatable bonds is 4. The van der Waals surface area contributed by atoms with Crippen LogP contribution in [0.3, 0.4) is 0 Å². The van der Waals surface area contributed by atoms with E-state index in [9.17, 15) is 4.79 Å². The Morgan fingerprint density at radius 1 is 1.43 bits per heavy atom. The minimum absolute atomic E-state index is 0.234. The van der Waals surface area contributed by atoms with Crippen LogP contribution in [0.1, 0.15) is 28.7 Å². The first-order chi connectivity index (χ1) is 10.2. The monoisotopic (exact) mass is 318 g/mol. The van der Waals surface area contributed by atoms with Crippen molar-refractivity contribution in [1.29, 1.82) is 0 Å². The van der Waals surface area contributed by atoms with E-state index >= 15 is 0 Å². The molecule has 21 heavy (non-hydrogen) atoms. The van der Waals surface area contributed by atoms with Crippen molar-refractivity contribution in [3.63, 3.8) is 0 Å². The highest BCUT2D eigenvalue weighted by molar-refractivity contribution is 7.21. The van der Waals surface area contributed by atoms with Crippen LogP contribution in [-0.4, -0.2) is 15.9 Å². The van der Waals surface area contributed by atoms with E-state index in [1.165, 1.54) is 22.7 Å². The Morgan fingerprint density at radius 2 is 2.29 bits per heavy atom. The van der Waals surface area contributed by atoms with Gasteiger partial charge in [-0.2, -0.15) is 0 Å². The number of thiophene rings is 1. The Labute approximate surface area is 129 Å². The smallest absolute Gasteiger partial charge is 0.269 e. The van der Waals surface area contributed by atoms with Gasteiger partial charge in [0.15, 0.2) is 5.13 Å². The van der Waals surface area contributed by atoms with Crippen LogP contribution in [0, 0.1) is 0 Å². The Hall–Kier alpha value is -1.99. The molecule has 0 aliphatic rings. The number of anilines is 2. The van der Waals surface area contributed by atoms with Crippen molar-refractivity contribution >= 4 is 49.6 Å². The molecule has 3 aromatic heterocycles. The number of carbonyl (C=O) groups excluding carboxylic acids is 1. The normalized spacial score (nSPS) is 10.9. The second kappa shape index (κ2) is 5.79. The lowest BCUT2D eigenvalue weighted by atomic mass is 10.2. The van der Waals surface area contributed by atoms with E-state index in [4.69, 9.17) is 5.73 Å². The van der Waals surface area contributed by atoms with E-state index in [2.05, 4.69) is 22.2 Å². The van der Waals surface area contributed by atoms with Gasteiger partial charge in [-0.1, -0.05) is 13.3 Å². The number of amides is 1. The van der Waals surface area contributed by atoms with Crippen LogP contribution in [-0.2, 0) is 6.42 Å². The van der Waals surface area contributed by atoms with Crippen molar-refractivity contribution in [2.24, 2.45) is 0 Å². The molecule has 0 radical (unpaired) electrons. The summed E-state index contributed by atoms with van der Waals surface area (Å²) in [5.41, 5.74) is 7.60. The number of nitrogens with one attached hydrogen (secondary N) is 1. The summed E-state index contributed by atoms with van der Waals surface area (Å²) in [6.45, 7) is 2.11. The number of fused-ring (bicyclic) bond motifs is 1. The average Bonchev–Trinajstić information content (AvgIpc) is 3.07. The highest BCUT2D eigenvalue weighted by atomic mass is 32.1. The number of carbonyl (C=O) groups is 1. The van der Waals surface area contributed by atoms with Gasteiger partial charge in [0.25, 0.3) is 5.91 Å². The van der Waals surface area contributed by atoms with E-state index in [1.54, 1.807) is 6.20 Å². The van der Waals surface area contributed by atoms with Gasteiger partial charge in [0.2, 0.25) is 0 Å². The largest absolute Gasteiger partial charge is 0.397 e. The molecule has 0 bridgehead atoms. The van der Waals surface area contributed by atoms with Crippen molar-refractivity contribution in [2.75, 3.05) is 11.1 Å². The van der Waals surface area contributed by atoms with Crippen LogP contribution in [0.25, 0.3) is 10.2 Å². The highest BCUT2D eigenvalue weighted by Crippen LogP contribution is 2.33. The second-order valence-corrected chi connectivity index (χ2v) is 6.44. The lowest BCUT2D eigenvalue weighted by Crippen LogP contribution is -2.11. The number of thiazole rings is 1. The molecule has 5 nitrogen and oxygen atoms in total. The van der Waals surface area contributed by atoms with Crippen LogP contribution >= 0.6 is 22.7 Å². The van der Waals surface area contributed by atoms with Gasteiger partial charge < -0.3 is 5.73 Å². The van der Waals surface area contributed by atoms with Gasteiger partial charge in [-0.3, -0.25) is 10.1 Å². The van der Waals surface area contributed by atoms with Gasteiger partial charge in [0.1, 0.15) is 9.71 Å². The van der Waals surface area contributed by atoms with Gasteiger partial charge in [-0.25, -0.2) is 9.97 Å². The Bertz CT molecular complexity index is 780. The van der Waals surface area contributed by atoms with E-state index in [0.717, 1.165) is 28.8 Å². The Kier molecular flexibility index (Phi) is 3.85. The fourth-order valence-electron chi connectivity index (χ4n) is 2.04. The Balaban J connectivity index is 1.95. The summed E-state index contributed by atoms with van der Waals surface area (Å²) in [6, 6.07) is 3.91. The molecule has 0 fully saturated rings. The minimum Gasteiger partial charge on any atom is -0.397 e. The molecule has 0 aliphatic heterocycles. The topological polar surface area (TPSA) is 80.9 Å². The summed E-state index contributed by atoms with van der Waals surface area (Å²) in [7, 11) is 0. The van der Waals surface area contributed by atoms with Gasteiger partial charge in [0, 0.05) is 22.7 Å². The quantitative estimate of drug-likeness (QED) is 0.771. The zero-order chi connectivity index (χ0) is 14.8. The fraction of sp³-hybridized carbons (Fsp3) is 0.214. The number of nitrogens with two attached hydrogens (primary N) is 1. The van der Waals surface area contributed by atoms with Crippen LogP contribution < -0.4 is 11.1 Å². The standard InChI is InChI=1S/C14H14N4OS2/c1-2-3-8-4-5-9-10(15)11(21-13(9)17-8)12(19)18-14-16-6-7-20-14/h4-7H,2-3,15H2,1H3,(H,16,18,19). The molecule has 3 aromatic rings. The number of nitrogen functional groups attached to an aromatic ring is 1. The SMILES string of the molecule is CCCc1ccc2c(N)c(C(=O)Nc3nccs3)sc2n1. The number of hydrogen-bond acceptors (Lipinski definition) is 6. The molecule has 0 atom stereocenters. The van der Waals surface area contributed by atoms with Crippen LogP contribution in [0.4, 0.5) is 10.8 Å². The molecule has 0 aromatic carbocycles. The summed E-state index contributed by atoms with van der Waals surface area (Å²) in [6.07, 6.45) is 3.61. The van der Waals surface area contributed by atoms with E-state index in [1.807, 2.05) is 17.5 Å². The van der Waals surface area contributed by atoms with E-state index in [-0.39, 0.29) is 5.91 Å². The summed E-state index contributed by atoms with van der Waals surface area (Å²) < 4.78 is 0. The molecule has 1 amide bonds. The summed E-state index contributed by atoms with van der Waals surface area (Å²) >= 11 is 2.70. The maximum atomic E-state index is 12.3. The maximum Gasteiger partial charge on any atom is 0.269 e. The number of pyridine rings is 1. The molecule has 0 unspecified atom stereocenters. The molecule has 3 rings (SSSR count). The van der Waals surface area contributed by atoms with E-state index in [0.29, 0.717) is 15.7 Å². The van der Waals surface area contributed by atoms with Crippen LogP contribution in [0.2, 0.25) is 0 Å². The molecule has 0 aliphatic carbocycles. The summed E-state index contributed by atoms with van der Waals surface area (Å²) in [4.78, 5) is 22.2. The highest BCUT2D eigenvalue weighted by Gasteiger charge is 2.18. The third kappa shape index (κ3) is 2.74. The number of hydrogen-bond donors (Lipinski definition) is 2. The first-order valence-electron chi connectivity index (χ1n) is 6.57. The van der Waals surface area contributed by atoms with Crippen molar-refractivity contribution < 1.29 is 4.79 Å². The number of aryl methyl sites for hydroxylation is 1. The van der Waals surface area contributed by atoms with Crippen LogP contribution in [0.15, 0.2) is 23.7 Å². The molecule has 0 spiro atoms. The molecule has 3 N–H and O–H groups in total. The van der Waals surface area contributed by atoms with Crippen molar-refractivity contribution in [2.45, 2.75) is 19.8 Å². The van der Waals surface area contributed by atoms with Gasteiger partial charge in [0.05, 0.1) is 5.69 Å². The maximum absolute atomic E-state index is 12.3. The lowest BCUT2D eigenvalue weighted by Gasteiger charge is -1.99. The zero-order valence-corrected chi connectivity index (χ0v) is 13.1. The molecular weight excluding hydrogens is 304 g/mol. The molecule has 0 saturated heterocycles. The average molecular weight is 318 g/mol. The third-order valence-electron chi connectivity index (χ3n) is 3.02. The van der Waals surface area contributed by atoms with Gasteiger partial charge >= 0.3 is 0 Å². The summed E-state index contributed by atoms with van der Waals surface area (Å²) in [5, 5.41) is 5.96.